The zero-order valence-corrected chi connectivity index (χ0v) is 15.5. The number of hydrogen-bond donors (Lipinski definition) is 2. The lowest BCUT2D eigenvalue weighted by Gasteiger charge is -2.58. The van der Waals surface area contributed by atoms with Gasteiger partial charge in [-0.25, -0.2) is 0 Å². The van der Waals surface area contributed by atoms with E-state index in [1.54, 1.807) is 0 Å². The van der Waals surface area contributed by atoms with E-state index in [0.717, 1.165) is 32.1 Å². The molecule has 4 aliphatic rings. The van der Waals surface area contributed by atoms with Gasteiger partial charge in [-0.2, -0.15) is 0 Å². The predicted octanol–water partition coefficient (Wildman–Crippen LogP) is 2.81. The van der Waals surface area contributed by atoms with E-state index in [-0.39, 0.29) is 22.9 Å². The van der Waals surface area contributed by atoms with Gasteiger partial charge in [0.05, 0.1) is 6.10 Å². The van der Waals surface area contributed by atoms with Crippen molar-refractivity contribution >= 4 is 11.6 Å². The van der Waals surface area contributed by atoms with E-state index >= 15 is 0 Å². The topological polar surface area (TPSA) is 74.6 Å². The molecule has 3 fully saturated rings. The molecule has 0 radical (unpaired) electrons. The lowest BCUT2D eigenvalue weighted by molar-refractivity contribution is -0.173. The number of allylic oxidation sites excluding steroid dienone is 1. The number of Topliss-reactive ketones (excluding diaryl/α,β-unsaturated/α-hetero) is 1. The van der Waals surface area contributed by atoms with Crippen molar-refractivity contribution in [3.8, 4) is 0 Å². The lowest BCUT2D eigenvalue weighted by atomic mass is 9.46. The van der Waals surface area contributed by atoms with Gasteiger partial charge in [-0.1, -0.05) is 19.4 Å². The van der Waals surface area contributed by atoms with Crippen LogP contribution in [0.3, 0.4) is 0 Å². The molecule has 0 aromatic rings. The minimum atomic E-state index is -1.61. The van der Waals surface area contributed by atoms with E-state index in [1.807, 2.05) is 13.0 Å². The van der Waals surface area contributed by atoms with Crippen molar-refractivity contribution in [2.75, 3.05) is 0 Å². The number of fused-ring (bicyclic) bond motifs is 5. The summed E-state index contributed by atoms with van der Waals surface area (Å²) in [7, 11) is 0. The maximum Gasteiger partial charge on any atom is 0.164 e. The molecule has 0 heterocycles. The zero-order chi connectivity index (χ0) is 18.2. The first-order valence-corrected chi connectivity index (χ1v) is 9.80. The second kappa shape index (κ2) is 5.26. The van der Waals surface area contributed by atoms with Crippen molar-refractivity contribution < 1.29 is 19.8 Å². The summed E-state index contributed by atoms with van der Waals surface area (Å²) in [5.41, 5.74) is -0.766. The average molecular weight is 346 g/mol. The van der Waals surface area contributed by atoms with Gasteiger partial charge < -0.3 is 10.2 Å². The van der Waals surface area contributed by atoms with Crippen molar-refractivity contribution in [1.82, 2.24) is 0 Å². The van der Waals surface area contributed by atoms with E-state index < -0.39 is 17.1 Å². The first kappa shape index (κ1) is 17.4. The molecule has 0 aliphatic heterocycles. The van der Waals surface area contributed by atoms with Crippen LogP contribution in [0.2, 0.25) is 0 Å². The third-order valence-electron chi connectivity index (χ3n) is 8.72. The summed E-state index contributed by atoms with van der Waals surface area (Å²) in [6.07, 6.45) is 6.66. The number of ketones is 2. The molecule has 4 rings (SSSR count). The summed E-state index contributed by atoms with van der Waals surface area (Å²) < 4.78 is 0. The Balaban J connectivity index is 1.72. The monoisotopic (exact) mass is 346 g/mol. The quantitative estimate of drug-likeness (QED) is 0.766. The van der Waals surface area contributed by atoms with E-state index in [9.17, 15) is 19.8 Å². The van der Waals surface area contributed by atoms with Crippen LogP contribution >= 0.6 is 0 Å². The second-order valence-corrected chi connectivity index (χ2v) is 9.50. The highest BCUT2D eigenvalue weighted by Gasteiger charge is 2.69. The van der Waals surface area contributed by atoms with Crippen LogP contribution in [0.15, 0.2) is 11.6 Å². The molecular weight excluding hydrogens is 316 g/mol. The lowest BCUT2D eigenvalue weighted by Crippen LogP contribution is -2.59. The van der Waals surface area contributed by atoms with Gasteiger partial charge in [-0.3, -0.25) is 9.59 Å². The van der Waals surface area contributed by atoms with Crippen LogP contribution in [0.5, 0.6) is 0 Å². The van der Waals surface area contributed by atoms with E-state index in [2.05, 4.69) is 6.92 Å². The number of aliphatic hydroxyl groups is 2. The molecule has 138 valence electrons. The molecule has 4 nitrogen and oxygen atoms in total. The Morgan fingerprint density at radius 1 is 1.16 bits per heavy atom. The molecule has 2 N–H and O–H groups in total. The van der Waals surface area contributed by atoms with Crippen LogP contribution in [-0.2, 0) is 9.59 Å². The normalized spacial score (nSPS) is 52.0. The van der Waals surface area contributed by atoms with Crippen LogP contribution in [0.4, 0.5) is 0 Å². The highest BCUT2D eigenvalue weighted by molar-refractivity contribution is 5.91. The highest BCUT2D eigenvalue weighted by Crippen LogP contribution is 2.67. The summed E-state index contributed by atoms with van der Waals surface area (Å²) in [4.78, 5) is 24.1. The van der Waals surface area contributed by atoms with Gasteiger partial charge >= 0.3 is 0 Å². The van der Waals surface area contributed by atoms with Gasteiger partial charge in [-0.05, 0) is 74.7 Å². The Morgan fingerprint density at radius 3 is 2.56 bits per heavy atom. The predicted molar refractivity (Wildman–Crippen MR) is 93.7 cm³/mol. The van der Waals surface area contributed by atoms with Gasteiger partial charge in [0.1, 0.15) is 0 Å². The molecule has 0 saturated heterocycles. The first-order valence-electron chi connectivity index (χ1n) is 9.80. The molecule has 0 bridgehead atoms. The van der Waals surface area contributed by atoms with Crippen LogP contribution in [0.25, 0.3) is 0 Å². The molecule has 3 saturated carbocycles. The SMILES string of the molecule is CC(=O)[C@@]1(O)[C@H](O)C[C@@H]2[C@@H]3CCC4=CC(=O)CC[C@]4(C)[C@@H]3CC[C@]21C. The fourth-order valence-corrected chi connectivity index (χ4v) is 7.22. The van der Waals surface area contributed by atoms with Crippen molar-refractivity contribution in [3.05, 3.63) is 11.6 Å². The molecule has 0 spiro atoms. The standard InChI is InChI=1S/C21H30O4/c1-12(22)21(25)18(24)11-17-15-5-4-13-10-14(23)6-8-19(13,2)16(15)7-9-20(17,21)3/h10,15-18,24-25H,4-9,11H2,1-3H3/t15-,16-,17-,18-,19+,20-,21-/m1/s1. The van der Waals surface area contributed by atoms with Crippen LogP contribution in [-0.4, -0.2) is 33.5 Å². The summed E-state index contributed by atoms with van der Waals surface area (Å²) in [6.45, 7) is 5.75. The Kier molecular flexibility index (Phi) is 3.66. The summed E-state index contributed by atoms with van der Waals surface area (Å²) >= 11 is 0. The Hall–Kier alpha value is -1.00. The van der Waals surface area contributed by atoms with Crippen LogP contribution in [0.1, 0.15) is 65.7 Å². The zero-order valence-electron chi connectivity index (χ0n) is 15.5. The van der Waals surface area contributed by atoms with Crippen molar-refractivity contribution in [3.63, 3.8) is 0 Å². The molecule has 0 amide bonds. The third-order valence-corrected chi connectivity index (χ3v) is 8.72. The Labute approximate surface area is 149 Å². The molecule has 25 heavy (non-hydrogen) atoms. The van der Waals surface area contributed by atoms with E-state index in [0.29, 0.717) is 24.7 Å². The molecule has 7 atom stereocenters. The summed E-state index contributed by atoms with van der Waals surface area (Å²) in [5, 5.41) is 21.8. The van der Waals surface area contributed by atoms with Crippen molar-refractivity contribution in [2.24, 2.45) is 28.6 Å². The maximum atomic E-state index is 12.3. The minimum absolute atomic E-state index is 0.0695. The van der Waals surface area contributed by atoms with Gasteiger partial charge in [0.15, 0.2) is 17.2 Å². The van der Waals surface area contributed by atoms with Crippen LogP contribution < -0.4 is 0 Å². The van der Waals surface area contributed by atoms with Crippen molar-refractivity contribution in [2.45, 2.75) is 77.4 Å². The number of carbonyl (C=O) groups is 2. The Bertz CT molecular complexity index is 667. The number of rotatable bonds is 1. The summed E-state index contributed by atoms with van der Waals surface area (Å²) in [5.74, 6) is 1.03. The number of carbonyl (C=O) groups excluding carboxylic acids is 2. The molecule has 4 aliphatic carbocycles. The van der Waals surface area contributed by atoms with Crippen LogP contribution in [0, 0.1) is 28.6 Å². The van der Waals surface area contributed by atoms with Gasteiger partial charge in [0, 0.05) is 11.8 Å². The minimum Gasteiger partial charge on any atom is -0.390 e. The molecule has 0 unspecified atom stereocenters. The van der Waals surface area contributed by atoms with E-state index in [1.165, 1.54) is 12.5 Å². The fourth-order valence-electron chi connectivity index (χ4n) is 7.22. The third kappa shape index (κ3) is 2.01. The van der Waals surface area contributed by atoms with E-state index in [4.69, 9.17) is 0 Å². The maximum absolute atomic E-state index is 12.3. The van der Waals surface area contributed by atoms with Gasteiger partial charge in [-0.15, -0.1) is 0 Å². The average Bonchev–Trinajstić information content (AvgIpc) is 2.77. The largest absolute Gasteiger partial charge is 0.390 e. The van der Waals surface area contributed by atoms with Gasteiger partial charge in [0.25, 0.3) is 0 Å². The first-order chi connectivity index (χ1) is 11.6. The number of aliphatic hydroxyl groups excluding tert-OH is 1. The second-order valence-electron chi connectivity index (χ2n) is 9.50. The van der Waals surface area contributed by atoms with Crippen molar-refractivity contribution in [1.29, 1.82) is 0 Å². The molecule has 0 aromatic heterocycles. The molecule has 4 heteroatoms. The molecular formula is C21H30O4. The molecule has 0 aromatic carbocycles. The fraction of sp³-hybridized carbons (Fsp3) is 0.810. The summed E-state index contributed by atoms with van der Waals surface area (Å²) in [6, 6.07) is 0. The Morgan fingerprint density at radius 2 is 1.88 bits per heavy atom. The smallest absolute Gasteiger partial charge is 0.164 e. The highest BCUT2D eigenvalue weighted by atomic mass is 16.4. The number of hydrogen-bond acceptors (Lipinski definition) is 4. The van der Waals surface area contributed by atoms with Gasteiger partial charge in [0.2, 0.25) is 0 Å².